The zero-order valence-corrected chi connectivity index (χ0v) is 15.9. The van der Waals surface area contributed by atoms with Crippen LogP contribution in [0.25, 0.3) is 22.6 Å². The van der Waals surface area contributed by atoms with Crippen molar-refractivity contribution in [2.45, 2.75) is 0 Å². The van der Waals surface area contributed by atoms with Crippen molar-refractivity contribution < 1.29 is 18.7 Å². The third-order valence-corrected chi connectivity index (χ3v) is 4.34. The molecule has 0 saturated carbocycles. The average Bonchev–Trinajstić information content (AvgIpc) is 3.18. The van der Waals surface area contributed by atoms with Gasteiger partial charge in [-0.25, -0.2) is 9.78 Å². The molecule has 7 heteroatoms. The van der Waals surface area contributed by atoms with Crippen molar-refractivity contribution in [1.29, 1.82) is 0 Å². The quantitative estimate of drug-likeness (QED) is 0.493. The van der Waals surface area contributed by atoms with Gasteiger partial charge in [-0.2, -0.15) is 0 Å². The Morgan fingerprint density at radius 1 is 0.862 bits per heavy atom. The largest absolute Gasteiger partial charge is 0.495 e. The summed E-state index contributed by atoms with van der Waals surface area (Å²) >= 11 is 0. The molecule has 0 radical (unpaired) electrons. The van der Waals surface area contributed by atoms with Gasteiger partial charge in [0.1, 0.15) is 17.0 Å². The van der Waals surface area contributed by atoms with E-state index in [1.165, 1.54) is 7.11 Å². The Labute approximate surface area is 167 Å². The van der Waals surface area contributed by atoms with Crippen LogP contribution in [-0.4, -0.2) is 25.2 Å². The zero-order valence-electron chi connectivity index (χ0n) is 15.9. The Morgan fingerprint density at radius 3 is 2.34 bits per heavy atom. The van der Waals surface area contributed by atoms with Crippen LogP contribution in [0.4, 0.5) is 16.2 Å². The van der Waals surface area contributed by atoms with Crippen molar-refractivity contribution in [3.63, 3.8) is 0 Å². The summed E-state index contributed by atoms with van der Waals surface area (Å²) in [6, 6.07) is 19.6. The zero-order chi connectivity index (χ0) is 20.2. The number of benzene rings is 3. The first kappa shape index (κ1) is 18.4. The molecule has 3 aromatic carbocycles. The number of oxazole rings is 1. The Bertz CT molecular complexity index is 1140. The summed E-state index contributed by atoms with van der Waals surface area (Å²) in [5.41, 5.74) is 3.22. The molecule has 0 aliphatic heterocycles. The molecular formula is C22H19N3O4. The van der Waals surface area contributed by atoms with Gasteiger partial charge in [-0.1, -0.05) is 24.3 Å². The van der Waals surface area contributed by atoms with Crippen LogP contribution in [0.1, 0.15) is 0 Å². The summed E-state index contributed by atoms with van der Waals surface area (Å²) in [7, 11) is 3.09. The molecule has 2 N–H and O–H groups in total. The summed E-state index contributed by atoms with van der Waals surface area (Å²) in [6.45, 7) is 0. The average molecular weight is 389 g/mol. The predicted molar refractivity (Wildman–Crippen MR) is 112 cm³/mol. The van der Waals surface area contributed by atoms with Crippen LogP contribution < -0.4 is 20.1 Å². The molecule has 0 bridgehead atoms. The minimum atomic E-state index is -0.428. The highest BCUT2D eigenvalue weighted by atomic mass is 16.5. The van der Waals surface area contributed by atoms with Gasteiger partial charge in [0.05, 0.1) is 25.6 Å². The van der Waals surface area contributed by atoms with Gasteiger partial charge in [-0.15, -0.1) is 0 Å². The van der Waals surface area contributed by atoms with E-state index in [4.69, 9.17) is 13.9 Å². The predicted octanol–water partition coefficient (Wildman–Crippen LogP) is 5.16. The van der Waals surface area contributed by atoms with Crippen LogP contribution in [0.5, 0.6) is 11.5 Å². The Hall–Kier alpha value is -4.00. The van der Waals surface area contributed by atoms with Crippen LogP contribution in [0, 0.1) is 0 Å². The summed E-state index contributed by atoms with van der Waals surface area (Å²) < 4.78 is 16.4. The second-order valence-corrected chi connectivity index (χ2v) is 6.18. The van der Waals surface area contributed by atoms with E-state index in [0.29, 0.717) is 34.3 Å². The number of methoxy groups -OCH3 is 2. The molecule has 0 aliphatic carbocycles. The van der Waals surface area contributed by atoms with E-state index < -0.39 is 6.03 Å². The summed E-state index contributed by atoms with van der Waals surface area (Å²) in [4.78, 5) is 17.0. The van der Waals surface area contributed by atoms with Crippen LogP contribution >= 0.6 is 0 Å². The highest BCUT2D eigenvalue weighted by molar-refractivity contribution is 6.02. The second-order valence-electron chi connectivity index (χ2n) is 6.18. The molecular weight excluding hydrogens is 370 g/mol. The molecule has 29 heavy (non-hydrogen) atoms. The lowest BCUT2D eigenvalue weighted by Gasteiger charge is -2.13. The van der Waals surface area contributed by atoms with Gasteiger partial charge in [-0.3, -0.25) is 0 Å². The fourth-order valence-corrected chi connectivity index (χ4v) is 2.96. The first-order valence-electron chi connectivity index (χ1n) is 8.93. The number of urea groups is 1. The maximum absolute atomic E-state index is 12.5. The van der Waals surface area contributed by atoms with E-state index in [0.717, 1.165) is 11.1 Å². The van der Waals surface area contributed by atoms with Gasteiger partial charge in [0.15, 0.2) is 5.58 Å². The molecule has 4 aromatic rings. The number of rotatable bonds is 5. The molecule has 0 aliphatic rings. The minimum absolute atomic E-state index is 0.428. The maximum Gasteiger partial charge on any atom is 0.323 e. The maximum atomic E-state index is 12.5. The molecule has 0 spiro atoms. The first-order chi connectivity index (χ1) is 14.2. The lowest BCUT2D eigenvalue weighted by molar-refractivity contribution is 0.262. The van der Waals surface area contributed by atoms with E-state index in [-0.39, 0.29) is 0 Å². The van der Waals surface area contributed by atoms with Crippen molar-refractivity contribution in [1.82, 2.24) is 4.98 Å². The summed E-state index contributed by atoms with van der Waals surface area (Å²) in [6.07, 6.45) is 0. The molecule has 1 aromatic heterocycles. The van der Waals surface area contributed by atoms with E-state index in [1.807, 2.05) is 42.5 Å². The van der Waals surface area contributed by atoms with Crippen molar-refractivity contribution >= 4 is 28.5 Å². The van der Waals surface area contributed by atoms with Crippen LogP contribution in [0.2, 0.25) is 0 Å². The Kier molecular flexibility index (Phi) is 5.03. The smallest absolute Gasteiger partial charge is 0.323 e. The van der Waals surface area contributed by atoms with Gasteiger partial charge in [0.2, 0.25) is 5.89 Å². The number of fused-ring (bicyclic) bond motifs is 1. The molecule has 146 valence electrons. The number of nitrogens with zero attached hydrogens (tertiary/aromatic N) is 1. The fourth-order valence-electron chi connectivity index (χ4n) is 2.96. The van der Waals surface area contributed by atoms with Gasteiger partial charge >= 0.3 is 6.03 Å². The number of hydrogen-bond acceptors (Lipinski definition) is 5. The van der Waals surface area contributed by atoms with Gasteiger partial charge in [0.25, 0.3) is 0 Å². The first-order valence-corrected chi connectivity index (χ1v) is 8.93. The Morgan fingerprint density at radius 2 is 1.55 bits per heavy atom. The van der Waals surface area contributed by atoms with Crippen LogP contribution in [-0.2, 0) is 0 Å². The molecule has 0 fully saturated rings. The van der Waals surface area contributed by atoms with E-state index >= 15 is 0 Å². The van der Waals surface area contributed by atoms with Crippen LogP contribution in [0.3, 0.4) is 0 Å². The fraction of sp³-hybridized carbons (Fsp3) is 0.0909. The third kappa shape index (κ3) is 3.84. The lowest BCUT2D eigenvalue weighted by atomic mass is 10.2. The number of carbonyl (C=O) groups excluding carboxylic acids is 1. The van der Waals surface area contributed by atoms with E-state index in [9.17, 15) is 4.79 Å². The number of hydrogen-bond donors (Lipinski definition) is 2. The molecule has 4 rings (SSSR count). The summed E-state index contributed by atoms with van der Waals surface area (Å²) in [5, 5.41) is 5.58. The number of amides is 2. The summed E-state index contributed by atoms with van der Waals surface area (Å²) in [5.74, 6) is 1.54. The molecule has 0 unspecified atom stereocenters. The number of para-hydroxylation sites is 4. The van der Waals surface area contributed by atoms with Crippen LogP contribution in [0.15, 0.2) is 71.1 Å². The molecule has 0 atom stereocenters. The standard InChI is InChI=1S/C22H19N3O4/c1-27-18-9-5-3-7-15(18)24-22(26)25-17-13-14(11-12-19(17)28-2)21-23-16-8-4-6-10-20(16)29-21/h3-13H,1-2H3,(H2,24,25,26). The SMILES string of the molecule is COc1ccccc1NC(=O)Nc1cc(-c2nc3ccccc3o2)ccc1OC. The monoisotopic (exact) mass is 389 g/mol. The number of anilines is 2. The van der Waals surface area contributed by atoms with Crippen molar-refractivity contribution in [2.75, 3.05) is 24.9 Å². The third-order valence-electron chi connectivity index (χ3n) is 4.34. The van der Waals surface area contributed by atoms with Gasteiger partial charge in [0, 0.05) is 5.56 Å². The number of carbonyl (C=O) groups is 1. The van der Waals surface area contributed by atoms with Crippen molar-refractivity contribution in [2.24, 2.45) is 0 Å². The number of nitrogens with one attached hydrogen (secondary N) is 2. The normalized spacial score (nSPS) is 10.6. The lowest BCUT2D eigenvalue weighted by Crippen LogP contribution is -2.20. The molecule has 7 nitrogen and oxygen atoms in total. The molecule has 0 saturated heterocycles. The number of ether oxygens (including phenoxy) is 2. The molecule has 1 heterocycles. The highest BCUT2D eigenvalue weighted by Crippen LogP contribution is 2.32. The number of aromatic nitrogens is 1. The van der Waals surface area contributed by atoms with E-state index in [2.05, 4.69) is 15.6 Å². The topological polar surface area (TPSA) is 85.6 Å². The Balaban J connectivity index is 1.60. The van der Waals surface area contributed by atoms with Crippen molar-refractivity contribution in [3.8, 4) is 23.0 Å². The van der Waals surface area contributed by atoms with E-state index in [1.54, 1.807) is 31.4 Å². The van der Waals surface area contributed by atoms with Crippen molar-refractivity contribution in [3.05, 3.63) is 66.7 Å². The van der Waals surface area contributed by atoms with Gasteiger partial charge < -0.3 is 24.5 Å². The van der Waals surface area contributed by atoms with Gasteiger partial charge in [-0.05, 0) is 42.5 Å². The minimum Gasteiger partial charge on any atom is -0.495 e. The highest BCUT2D eigenvalue weighted by Gasteiger charge is 2.14. The second kappa shape index (κ2) is 7.93. The molecule has 2 amide bonds.